The fourth-order valence-corrected chi connectivity index (χ4v) is 5.34. The van der Waals surface area contributed by atoms with Gasteiger partial charge < -0.3 is 14.8 Å². The van der Waals surface area contributed by atoms with Gasteiger partial charge in [-0.1, -0.05) is 0 Å². The Bertz CT molecular complexity index is 689. The summed E-state index contributed by atoms with van der Waals surface area (Å²) in [6.45, 7) is 1.19. The van der Waals surface area contributed by atoms with Crippen LogP contribution >= 0.6 is 0 Å². The molecule has 0 radical (unpaired) electrons. The molecule has 0 bridgehead atoms. The van der Waals surface area contributed by atoms with E-state index in [1.165, 1.54) is 17.8 Å². The predicted molar refractivity (Wildman–Crippen MR) is 63.6 cm³/mol. The minimum absolute atomic E-state index is 0. The third-order valence-corrected chi connectivity index (χ3v) is 6.83. The molecule has 8 nitrogen and oxygen atoms in total. The van der Waals surface area contributed by atoms with Crippen molar-refractivity contribution >= 4 is 21.7 Å². The van der Waals surface area contributed by atoms with E-state index in [4.69, 9.17) is 0 Å². The summed E-state index contributed by atoms with van der Waals surface area (Å²) in [7, 11) is -3.81. The molecular weight excluding hydrogens is 309 g/mol. The van der Waals surface area contributed by atoms with Gasteiger partial charge in [-0.25, -0.2) is 8.42 Å². The Hall–Kier alpha value is -0.900. The zero-order valence-electron chi connectivity index (χ0n) is 11.6. The van der Waals surface area contributed by atoms with Gasteiger partial charge in [-0.2, -0.15) is 5.10 Å². The SMILES string of the molecule is C[C@]1(Cn2cccn2)[C@H](C(=O)[O-])N2C(=O)C[C@H]2S1(=O)=O.[Na+]. The van der Waals surface area contributed by atoms with E-state index in [1.807, 2.05) is 0 Å². The number of aromatic nitrogens is 2. The Morgan fingerprint density at radius 3 is 2.71 bits per heavy atom. The molecule has 0 aliphatic carbocycles. The Morgan fingerprint density at radius 2 is 2.24 bits per heavy atom. The first-order valence-corrected chi connectivity index (χ1v) is 7.56. The first-order valence-electron chi connectivity index (χ1n) is 6.02. The van der Waals surface area contributed by atoms with Crippen molar-refractivity contribution in [3.8, 4) is 0 Å². The van der Waals surface area contributed by atoms with Gasteiger partial charge in [0.1, 0.15) is 10.1 Å². The fourth-order valence-electron chi connectivity index (χ4n) is 2.99. The summed E-state index contributed by atoms with van der Waals surface area (Å²) in [6.07, 6.45) is 2.85. The maximum Gasteiger partial charge on any atom is 1.00 e. The second-order valence-corrected chi connectivity index (χ2v) is 7.81. The first kappa shape index (κ1) is 16.5. The number of sulfone groups is 1. The van der Waals surface area contributed by atoms with E-state index in [0.29, 0.717) is 0 Å². The molecule has 1 amide bonds. The van der Waals surface area contributed by atoms with E-state index in [2.05, 4.69) is 5.10 Å². The number of amides is 1. The fraction of sp³-hybridized carbons (Fsp3) is 0.545. The Morgan fingerprint density at radius 1 is 1.57 bits per heavy atom. The molecule has 0 spiro atoms. The van der Waals surface area contributed by atoms with Crippen molar-refractivity contribution in [3.63, 3.8) is 0 Å². The predicted octanol–water partition coefficient (Wildman–Crippen LogP) is -5.25. The van der Waals surface area contributed by atoms with Gasteiger partial charge in [0.2, 0.25) is 5.91 Å². The standard InChI is InChI=1S/C11H13N3O5S.Na/c1-11(6-13-4-2-3-12-13)9(10(16)17)14-7(15)5-8(14)20(11,18)19;/h2-4,8-9H,5-6H2,1H3,(H,16,17);/q;+1/p-1/t8-,9+,11+;/m1./s1. The molecule has 0 unspecified atom stereocenters. The van der Waals surface area contributed by atoms with Gasteiger partial charge in [0, 0.05) is 12.4 Å². The minimum atomic E-state index is -3.81. The number of carbonyl (C=O) groups is 2. The number of carboxylic acid groups (broad SMARTS) is 1. The Labute approximate surface area is 143 Å². The average Bonchev–Trinajstić information content (AvgIpc) is 2.87. The Balaban J connectivity index is 0.00000161. The number of carboxylic acids is 1. The monoisotopic (exact) mass is 321 g/mol. The molecule has 2 aliphatic heterocycles. The summed E-state index contributed by atoms with van der Waals surface area (Å²) >= 11 is 0. The summed E-state index contributed by atoms with van der Waals surface area (Å²) in [5.41, 5.74) is 0. The van der Waals surface area contributed by atoms with E-state index >= 15 is 0 Å². The van der Waals surface area contributed by atoms with Crippen LogP contribution < -0.4 is 34.7 Å². The van der Waals surface area contributed by atoms with Crippen LogP contribution in [-0.2, 0) is 26.0 Å². The van der Waals surface area contributed by atoms with Crippen LogP contribution in [0.15, 0.2) is 18.5 Å². The molecule has 3 atom stereocenters. The second-order valence-electron chi connectivity index (χ2n) is 5.24. The average molecular weight is 321 g/mol. The second kappa shape index (κ2) is 5.08. The van der Waals surface area contributed by atoms with Crippen LogP contribution in [0.1, 0.15) is 13.3 Å². The van der Waals surface area contributed by atoms with Crippen molar-refractivity contribution < 1.29 is 52.7 Å². The smallest absolute Gasteiger partial charge is 0.548 e. The normalized spacial score (nSPS) is 33.0. The van der Waals surface area contributed by atoms with Crippen molar-refractivity contribution in [2.75, 3.05) is 0 Å². The molecule has 0 N–H and O–H groups in total. The molecule has 2 saturated heterocycles. The molecule has 1 aromatic heterocycles. The minimum Gasteiger partial charge on any atom is -0.548 e. The van der Waals surface area contributed by atoms with Crippen LogP contribution in [0.4, 0.5) is 0 Å². The van der Waals surface area contributed by atoms with Gasteiger partial charge in [-0.05, 0) is 13.0 Å². The van der Waals surface area contributed by atoms with Gasteiger partial charge in [0.05, 0.1) is 25.0 Å². The van der Waals surface area contributed by atoms with Crippen LogP contribution in [0.2, 0.25) is 0 Å². The number of hydrogen-bond acceptors (Lipinski definition) is 6. The molecule has 2 aliphatic rings. The number of aliphatic carboxylic acids is 1. The van der Waals surface area contributed by atoms with Crippen LogP contribution in [-0.4, -0.2) is 51.1 Å². The molecule has 1 aromatic rings. The number of rotatable bonds is 3. The van der Waals surface area contributed by atoms with Gasteiger partial charge in [-0.15, -0.1) is 0 Å². The molecule has 2 fully saturated rings. The number of hydrogen-bond donors (Lipinski definition) is 0. The number of carbonyl (C=O) groups excluding carboxylic acids is 2. The topological polar surface area (TPSA) is 112 Å². The van der Waals surface area contributed by atoms with Crippen LogP contribution in [0.5, 0.6) is 0 Å². The molecule has 10 heteroatoms. The molecule has 108 valence electrons. The molecular formula is C11H12N3NaO5S. The third kappa shape index (κ3) is 2.06. The molecule has 3 rings (SSSR count). The largest absolute Gasteiger partial charge is 1.00 e. The molecule has 3 heterocycles. The zero-order chi connectivity index (χ0) is 14.7. The van der Waals surface area contributed by atoms with Gasteiger partial charge in [0.15, 0.2) is 9.84 Å². The van der Waals surface area contributed by atoms with E-state index in [1.54, 1.807) is 12.3 Å². The summed E-state index contributed by atoms with van der Waals surface area (Å²) in [6, 6.07) is 0.127. The third-order valence-electron chi connectivity index (χ3n) is 4.07. The van der Waals surface area contributed by atoms with Gasteiger partial charge in [0.25, 0.3) is 0 Å². The number of fused-ring (bicyclic) bond motifs is 1. The quantitative estimate of drug-likeness (QED) is 0.406. The van der Waals surface area contributed by atoms with E-state index < -0.39 is 37.9 Å². The number of nitrogens with zero attached hydrogens (tertiary/aromatic N) is 3. The maximum absolute atomic E-state index is 12.5. The number of β-lactam (4-membered cyclic amide) rings is 1. The first-order chi connectivity index (χ1) is 9.29. The molecule has 21 heavy (non-hydrogen) atoms. The molecule has 0 aromatic carbocycles. The van der Waals surface area contributed by atoms with Crippen molar-refractivity contribution in [2.45, 2.75) is 36.1 Å². The van der Waals surface area contributed by atoms with E-state index in [9.17, 15) is 23.1 Å². The van der Waals surface area contributed by atoms with Crippen molar-refractivity contribution in [2.24, 2.45) is 0 Å². The maximum atomic E-state index is 12.5. The van der Waals surface area contributed by atoms with Gasteiger partial charge >= 0.3 is 29.6 Å². The summed E-state index contributed by atoms with van der Waals surface area (Å²) in [5, 5.41) is 14.2. The van der Waals surface area contributed by atoms with Crippen LogP contribution in [0.25, 0.3) is 0 Å². The van der Waals surface area contributed by atoms with Crippen LogP contribution in [0.3, 0.4) is 0 Å². The van der Waals surface area contributed by atoms with Gasteiger partial charge in [-0.3, -0.25) is 9.48 Å². The summed E-state index contributed by atoms with van der Waals surface area (Å²) in [4.78, 5) is 23.8. The Kier molecular flexibility index (Phi) is 3.98. The molecule has 0 saturated carbocycles. The van der Waals surface area contributed by atoms with E-state index in [-0.39, 0.29) is 42.5 Å². The van der Waals surface area contributed by atoms with E-state index in [0.717, 1.165) is 4.90 Å². The van der Waals surface area contributed by atoms with Crippen molar-refractivity contribution in [1.29, 1.82) is 0 Å². The van der Waals surface area contributed by atoms with Crippen molar-refractivity contribution in [3.05, 3.63) is 18.5 Å². The summed E-state index contributed by atoms with van der Waals surface area (Å²) in [5.74, 6) is -2.03. The zero-order valence-corrected chi connectivity index (χ0v) is 14.4. The van der Waals surface area contributed by atoms with Crippen molar-refractivity contribution in [1.82, 2.24) is 14.7 Å². The van der Waals surface area contributed by atoms with Crippen LogP contribution in [0, 0.1) is 0 Å². The summed E-state index contributed by atoms with van der Waals surface area (Å²) < 4.78 is 24.8.